The summed E-state index contributed by atoms with van der Waals surface area (Å²) in [5.41, 5.74) is 5.05. The van der Waals surface area contributed by atoms with Crippen LogP contribution in [0.25, 0.3) is 0 Å². The summed E-state index contributed by atoms with van der Waals surface area (Å²) in [6, 6.07) is 15.5. The van der Waals surface area contributed by atoms with Crippen LogP contribution in [-0.4, -0.2) is 40.0 Å². The highest BCUT2D eigenvalue weighted by molar-refractivity contribution is 6.43. The summed E-state index contributed by atoms with van der Waals surface area (Å²) in [6.45, 7) is 5.10. The van der Waals surface area contributed by atoms with Gasteiger partial charge in [0, 0.05) is 10.7 Å². The number of amides is 2. The Labute approximate surface area is 289 Å². The number of benzene rings is 4. The number of nitrogens with zero attached hydrogens (tertiary/aromatic N) is 4. The fraction of sp³-hybridized carbons (Fsp3) is 0.156. The first kappa shape index (κ1) is 33.8. The number of anilines is 2. The number of rotatable bonds is 8. The number of carbonyl (C=O) groups is 2. The summed E-state index contributed by atoms with van der Waals surface area (Å²) in [6.07, 6.45) is -0.899. The Morgan fingerprint density at radius 2 is 1.62 bits per heavy atom. The summed E-state index contributed by atoms with van der Waals surface area (Å²) in [5, 5.41) is 32.8. The molecule has 11 nitrogen and oxygen atoms in total. The van der Waals surface area contributed by atoms with Crippen LogP contribution >= 0.6 is 46.4 Å². The third-order valence-corrected chi connectivity index (χ3v) is 7.98. The molecule has 4 aromatic rings. The Kier molecular flexibility index (Phi) is 10.1. The van der Waals surface area contributed by atoms with Gasteiger partial charge in [0.25, 0.3) is 11.8 Å². The molecule has 2 unspecified atom stereocenters. The fourth-order valence-electron chi connectivity index (χ4n) is 4.42. The molecule has 1 saturated heterocycles. The zero-order valence-corrected chi connectivity index (χ0v) is 27.9. The maximum Gasteiger partial charge on any atom is 0.280 e. The number of nitrogens with one attached hydrogen (secondary N) is 2. The molecule has 0 bridgehead atoms. The number of ether oxygens (including phenoxy) is 1. The average molecular weight is 716 g/mol. The van der Waals surface area contributed by atoms with Crippen molar-refractivity contribution in [1.29, 1.82) is 0 Å². The summed E-state index contributed by atoms with van der Waals surface area (Å²) in [5.74, 6) is -0.717. The molecular weight excluding hydrogens is 690 g/mol. The number of phenols is 2. The van der Waals surface area contributed by atoms with Gasteiger partial charge in [-0.1, -0.05) is 52.5 Å². The predicted molar refractivity (Wildman–Crippen MR) is 183 cm³/mol. The molecule has 15 heteroatoms. The van der Waals surface area contributed by atoms with Gasteiger partial charge in [-0.3, -0.25) is 15.0 Å². The van der Waals surface area contributed by atoms with Crippen molar-refractivity contribution in [1.82, 2.24) is 5.43 Å². The summed E-state index contributed by atoms with van der Waals surface area (Å²) < 4.78 is 5.73. The number of hydrazine groups is 1. The number of phenolic OH excluding ortho intramolecular Hbond substituents is 2. The van der Waals surface area contributed by atoms with Crippen molar-refractivity contribution in [3.8, 4) is 17.2 Å². The minimum atomic E-state index is -1.34. The molecule has 2 atom stereocenters. The summed E-state index contributed by atoms with van der Waals surface area (Å²) in [7, 11) is 0. The van der Waals surface area contributed by atoms with Gasteiger partial charge in [0.05, 0.1) is 20.8 Å². The first-order valence-electron chi connectivity index (χ1n) is 13.9. The Bertz CT molecular complexity index is 1930. The van der Waals surface area contributed by atoms with Crippen molar-refractivity contribution < 1.29 is 24.5 Å². The second-order valence-electron chi connectivity index (χ2n) is 10.5. The van der Waals surface area contributed by atoms with E-state index in [1.165, 1.54) is 36.4 Å². The maximum atomic E-state index is 13.7. The zero-order valence-electron chi connectivity index (χ0n) is 24.9. The van der Waals surface area contributed by atoms with E-state index < -0.39 is 24.0 Å². The topological polar surface area (TPSA) is 148 Å². The van der Waals surface area contributed by atoms with Gasteiger partial charge in [-0.05, 0) is 92.6 Å². The smallest absolute Gasteiger partial charge is 0.280 e. The number of amidine groups is 1. The van der Waals surface area contributed by atoms with Gasteiger partial charge in [0.15, 0.2) is 11.9 Å². The van der Waals surface area contributed by atoms with Gasteiger partial charge < -0.3 is 20.3 Å². The summed E-state index contributed by atoms with van der Waals surface area (Å²) in [4.78, 5) is 31.3. The lowest BCUT2D eigenvalue weighted by Gasteiger charge is -2.19. The lowest BCUT2D eigenvalue weighted by molar-refractivity contribution is -0.122. The molecule has 4 N–H and O–H groups in total. The van der Waals surface area contributed by atoms with Gasteiger partial charge in [-0.15, -0.1) is 0 Å². The van der Waals surface area contributed by atoms with E-state index >= 15 is 0 Å². The molecule has 0 aliphatic carbocycles. The highest BCUT2D eigenvalue weighted by Crippen LogP contribution is 2.38. The van der Waals surface area contributed by atoms with Crippen molar-refractivity contribution in [3.05, 3.63) is 97.9 Å². The van der Waals surface area contributed by atoms with Crippen molar-refractivity contribution in [2.45, 2.75) is 32.9 Å². The van der Waals surface area contributed by atoms with Crippen LogP contribution in [0, 0.1) is 13.8 Å². The molecule has 4 aromatic carbocycles. The second kappa shape index (κ2) is 14.1. The van der Waals surface area contributed by atoms with Crippen LogP contribution in [-0.2, 0) is 9.59 Å². The number of hydrogen-bond donors (Lipinski definition) is 4. The van der Waals surface area contributed by atoms with Crippen LogP contribution in [0.15, 0.2) is 82.0 Å². The van der Waals surface area contributed by atoms with Crippen LogP contribution in [0.2, 0.25) is 20.1 Å². The number of halogens is 4. The van der Waals surface area contributed by atoms with Crippen molar-refractivity contribution in [2.24, 2.45) is 15.2 Å². The van der Waals surface area contributed by atoms with Crippen LogP contribution in [0.5, 0.6) is 17.2 Å². The van der Waals surface area contributed by atoms with Crippen LogP contribution < -0.4 is 20.5 Å². The van der Waals surface area contributed by atoms with E-state index in [0.29, 0.717) is 17.0 Å². The third-order valence-electron chi connectivity index (χ3n) is 6.86. The van der Waals surface area contributed by atoms with Crippen molar-refractivity contribution in [3.63, 3.8) is 0 Å². The number of carbonyl (C=O) groups excluding carboxylic acids is 2. The van der Waals surface area contributed by atoms with Gasteiger partial charge in [0.2, 0.25) is 6.04 Å². The van der Waals surface area contributed by atoms with E-state index in [1.54, 1.807) is 44.2 Å². The van der Waals surface area contributed by atoms with Gasteiger partial charge in [-0.25, -0.2) is 10.0 Å². The Morgan fingerprint density at radius 3 is 2.32 bits per heavy atom. The Balaban J connectivity index is 1.46. The molecule has 1 fully saturated rings. The molecule has 47 heavy (non-hydrogen) atoms. The number of aryl methyl sites for hydroxylation is 2. The molecule has 0 saturated carbocycles. The van der Waals surface area contributed by atoms with E-state index in [4.69, 9.17) is 51.1 Å². The first-order valence-corrected chi connectivity index (χ1v) is 15.4. The van der Waals surface area contributed by atoms with E-state index in [2.05, 4.69) is 26.0 Å². The molecule has 0 radical (unpaired) electrons. The van der Waals surface area contributed by atoms with Gasteiger partial charge >= 0.3 is 0 Å². The third kappa shape index (κ3) is 7.71. The quantitative estimate of drug-likeness (QED) is 0.135. The van der Waals surface area contributed by atoms with Crippen LogP contribution in [0.1, 0.15) is 18.1 Å². The highest BCUT2D eigenvalue weighted by atomic mass is 35.5. The van der Waals surface area contributed by atoms with Crippen molar-refractivity contribution >= 4 is 86.8 Å². The lowest BCUT2D eigenvalue weighted by Crippen LogP contribution is -2.36. The Morgan fingerprint density at radius 1 is 0.915 bits per heavy atom. The lowest BCUT2D eigenvalue weighted by atomic mass is 10.2. The second-order valence-corrected chi connectivity index (χ2v) is 12.1. The van der Waals surface area contributed by atoms with E-state index in [-0.39, 0.29) is 54.5 Å². The molecular formula is C32H26Cl4N6O5. The summed E-state index contributed by atoms with van der Waals surface area (Å²) >= 11 is 25.4. The standard InChI is InChI=1S/C32H26Cl4N6O5/c1-15-4-8-27(44)25(10-15)39-40-28-30(41-42(32(28)46)29-22(35)12-18(33)13-23(29)36)38-24-14-19(5-7-21(24)34)37-31(45)17(3)47-20-6-9-26(43)16(2)11-20/h4-14,17,28,43-44H,1-3H3,(H,37,45)(H,38,41). The molecule has 2 amide bonds. The highest BCUT2D eigenvalue weighted by Gasteiger charge is 2.41. The Hall–Kier alpha value is -4.55. The maximum absolute atomic E-state index is 13.7. The molecule has 0 spiro atoms. The molecule has 1 aliphatic rings. The SMILES string of the molecule is Cc1ccc(O)c(N=NC2C(=O)N(c3c(Cl)cc(Cl)cc3Cl)NC2=Nc2cc(NC(=O)C(C)Oc3ccc(O)c(C)c3)ccc2Cl)c1. The number of hydrogen-bond acceptors (Lipinski definition) is 8. The molecule has 242 valence electrons. The van der Waals surface area contributed by atoms with Gasteiger partial charge in [-0.2, -0.15) is 10.2 Å². The monoisotopic (exact) mass is 714 g/mol. The first-order chi connectivity index (χ1) is 22.3. The molecule has 5 rings (SSSR count). The number of azo groups is 1. The van der Waals surface area contributed by atoms with Crippen LogP contribution in [0.3, 0.4) is 0 Å². The van der Waals surface area contributed by atoms with E-state index in [1.807, 2.05) is 6.92 Å². The average Bonchev–Trinajstić information content (AvgIpc) is 3.30. The number of aromatic hydroxyl groups is 2. The minimum Gasteiger partial charge on any atom is -0.508 e. The largest absolute Gasteiger partial charge is 0.508 e. The van der Waals surface area contributed by atoms with Crippen molar-refractivity contribution in [2.75, 3.05) is 10.3 Å². The predicted octanol–water partition coefficient (Wildman–Crippen LogP) is 8.47. The van der Waals surface area contributed by atoms with Gasteiger partial charge in [0.1, 0.15) is 28.6 Å². The molecule has 0 aromatic heterocycles. The molecule has 1 aliphatic heterocycles. The number of aliphatic imine (C=N–C) groups is 1. The normalized spacial score (nSPS) is 16.1. The van der Waals surface area contributed by atoms with E-state index in [0.717, 1.165) is 10.6 Å². The van der Waals surface area contributed by atoms with E-state index in [9.17, 15) is 19.8 Å². The van der Waals surface area contributed by atoms with Crippen LogP contribution in [0.4, 0.5) is 22.7 Å². The molecule has 1 heterocycles. The fourth-order valence-corrected chi connectivity index (χ4v) is 5.56. The zero-order chi connectivity index (χ0) is 34.0. The minimum absolute atomic E-state index is 0.00208.